The molecule has 0 radical (unpaired) electrons. The number of amides is 1. The molecule has 1 amide bonds. The Balaban J connectivity index is 1.55. The number of carbonyl (C=O) groups excluding carboxylic acids is 1. The number of ether oxygens (including phenoxy) is 1. The highest BCUT2D eigenvalue weighted by Crippen LogP contribution is 2.38. The van der Waals surface area contributed by atoms with Crippen LogP contribution in [0.5, 0.6) is 5.75 Å². The Morgan fingerprint density at radius 1 is 1.00 bits per heavy atom. The van der Waals surface area contributed by atoms with Gasteiger partial charge in [0.05, 0.1) is 5.69 Å². The maximum absolute atomic E-state index is 12.8. The number of para-hydroxylation sites is 1. The van der Waals surface area contributed by atoms with Crippen molar-refractivity contribution >= 4 is 29.3 Å². The first-order chi connectivity index (χ1) is 15.6. The number of nitrogens with zero attached hydrogens (tertiary/aromatic N) is 3. The van der Waals surface area contributed by atoms with Crippen molar-refractivity contribution in [3.63, 3.8) is 0 Å². The van der Waals surface area contributed by atoms with E-state index in [0.717, 1.165) is 15.4 Å². The van der Waals surface area contributed by atoms with Crippen LogP contribution in [0.15, 0.2) is 82.6 Å². The molecule has 160 valence electrons. The van der Waals surface area contributed by atoms with Gasteiger partial charge < -0.3 is 15.2 Å². The molecule has 9 nitrogen and oxygen atoms in total. The lowest BCUT2D eigenvalue weighted by atomic mass is 10.2. The largest absolute Gasteiger partial charge is 0.482 e. The van der Waals surface area contributed by atoms with Gasteiger partial charge in [-0.15, -0.1) is 5.10 Å². The predicted octanol–water partition coefficient (Wildman–Crippen LogP) is 3.73. The van der Waals surface area contributed by atoms with Gasteiger partial charge in [0, 0.05) is 20.9 Å². The monoisotopic (exact) mass is 447 g/mol. The van der Waals surface area contributed by atoms with Gasteiger partial charge in [-0.05, 0) is 52.9 Å². The number of aromatic nitrogens is 4. The lowest BCUT2D eigenvalue weighted by molar-refractivity contribution is -0.139. The van der Waals surface area contributed by atoms with Crippen molar-refractivity contribution in [3.05, 3.63) is 78.4 Å². The van der Waals surface area contributed by atoms with Gasteiger partial charge in [-0.3, -0.25) is 4.79 Å². The van der Waals surface area contributed by atoms with Crippen LogP contribution in [0.1, 0.15) is 10.4 Å². The van der Waals surface area contributed by atoms with Crippen LogP contribution in [0.4, 0.5) is 5.69 Å². The second-order valence-corrected chi connectivity index (χ2v) is 7.59. The van der Waals surface area contributed by atoms with Gasteiger partial charge in [0.25, 0.3) is 5.91 Å². The van der Waals surface area contributed by atoms with Crippen LogP contribution >= 0.6 is 11.8 Å². The molecule has 32 heavy (non-hydrogen) atoms. The Labute approximate surface area is 186 Å². The van der Waals surface area contributed by atoms with Crippen molar-refractivity contribution in [1.82, 2.24) is 20.6 Å². The summed E-state index contributed by atoms with van der Waals surface area (Å²) in [5.41, 5.74) is 1.82. The molecule has 0 atom stereocenters. The number of carboxylic acid groups (broad SMARTS) is 1. The lowest BCUT2D eigenvalue weighted by Gasteiger charge is -2.13. The minimum absolute atomic E-state index is 0.303. The number of anilines is 1. The molecule has 3 aromatic carbocycles. The number of hydrogen-bond acceptors (Lipinski definition) is 7. The number of benzene rings is 3. The third kappa shape index (κ3) is 5.10. The molecule has 0 aliphatic carbocycles. The van der Waals surface area contributed by atoms with Crippen LogP contribution in [-0.4, -0.2) is 44.2 Å². The summed E-state index contributed by atoms with van der Waals surface area (Å²) in [4.78, 5) is 25.3. The summed E-state index contributed by atoms with van der Waals surface area (Å²) >= 11 is 1.47. The maximum Gasteiger partial charge on any atom is 0.341 e. The molecule has 0 fully saturated rings. The number of hydrogen-bond donors (Lipinski definition) is 3. The van der Waals surface area contributed by atoms with Crippen molar-refractivity contribution in [2.75, 3.05) is 11.9 Å². The summed E-state index contributed by atoms with van der Waals surface area (Å²) in [5, 5.41) is 25.7. The number of carbonyl (C=O) groups is 2. The normalized spacial score (nSPS) is 10.5. The van der Waals surface area contributed by atoms with E-state index in [0.29, 0.717) is 22.8 Å². The molecular formula is C22H17N5O4S. The number of aliphatic carboxylic acids is 1. The van der Waals surface area contributed by atoms with Gasteiger partial charge in [0.15, 0.2) is 12.4 Å². The van der Waals surface area contributed by atoms with Crippen LogP contribution < -0.4 is 10.1 Å². The first-order valence-electron chi connectivity index (χ1n) is 9.46. The Morgan fingerprint density at radius 2 is 1.78 bits per heavy atom. The molecule has 1 heterocycles. The fourth-order valence-electron chi connectivity index (χ4n) is 2.87. The summed E-state index contributed by atoms with van der Waals surface area (Å²) < 4.78 is 5.16. The number of H-pyrrole nitrogens is 1. The molecule has 3 N–H and O–H groups in total. The number of nitrogens with one attached hydrogen (secondary N) is 2. The van der Waals surface area contributed by atoms with E-state index < -0.39 is 12.6 Å². The Bertz CT molecular complexity index is 1250. The van der Waals surface area contributed by atoms with Crippen molar-refractivity contribution in [2.45, 2.75) is 9.79 Å². The van der Waals surface area contributed by atoms with Gasteiger partial charge in [0.2, 0.25) is 0 Å². The highest BCUT2D eigenvalue weighted by atomic mass is 32.2. The number of tetrazole rings is 1. The van der Waals surface area contributed by atoms with E-state index in [9.17, 15) is 9.59 Å². The van der Waals surface area contributed by atoms with E-state index in [1.807, 2.05) is 48.5 Å². The molecule has 0 spiro atoms. The molecule has 0 saturated carbocycles. The smallest absolute Gasteiger partial charge is 0.341 e. The molecule has 10 heteroatoms. The zero-order chi connectivity index (χ0) is 22.3. The van der Waals surface area contributed by atoms with E-state index in [1.165, 1.54) is 17.8 Å². The average Bonchev–Trinajstić information content (AvgIpc) is 3.34. The topological polar surface area (TPSA) is 130 Å². The lowest BCUT2D eigenvalue weighted by Crippen LogP contribution is -2.13. The second-order valence-electron chi connectivity index (χ2n) is 6.51. The van der Waals surface area contributed by atoms with Crippen molar-refractivity contribution in [1.29, 1.82) is 0 Å². The van der Waals surface area contributed by atoms with Gasteiger partial charge in [-0.1, -0.05) is 42.1 Å². The maximum atomic E-state index is 12.8. The van der Waals surface area contributed by atoms with Gasteiger partial charge in [0.1, 0.15) is 5.75 Å². The molecule has 0 aliphatic rings. The summed E-state index contributed by atoms with van der Waals surface area (Å²) in [6.45, 7) is -0.481. The van der Waals surface area contributed by atoms with Crippen LogP contribution in [-0.2, 0) is 4.79 Å². The standard InChI is InChI=1S/C22H17N5O4S/c28-20(29)13-31-15-7-5-6-14(12-15)22(30)23-17-9-2-4-11-19(17)32-18-10-3-1-8-16(18)21-24-26-27-25-21/h1-12H,13H2,(H,23,30)(H,28,29)(H,24,25,26,27). The summed E-state index contributed by atoms with van der Waals surface area (Å²) in [6.07, 6.45) is 0. The van der Waals surface area contributed by atoms with Gasteiger partial charge >= 0.3 is 5.97 Å². The fourth-order valence-corrected chi connectivity index (χ4v) is 3.90. The van der Waals surface area contributed by atoms with Crippen LogP contribution in [0.25, 0.3) is 11.4 Å². The number of rotatable bonds is 8. The quantitative estimate of drug-likeness (QED) is 0.372. The SMILES string of the molecule is O=C(O)COc1cccc(C(=O)Nc2ccccc2Sc2ccccc2-c2nnn[nH]2)c1. The Hall–Kier alpha value is -4.18. The van der Waals surface area contributed by atoms with Crippen LogP contribution in [0, 0.1) is 0 Å². The van der Waals surface area contributed by atoms with Crippen molar-refractivity contribution in [2.24, 2.45) is 0 Å². The molecule has 4 rings (SSSR count). The van der Waals surface area contributed by atoms with E-state index in [1.54, 1.807) is 18.2 Å². The third-order valence-electron chi connectivity index (χ3n) is 4.30. The minimum atomic E-state index is -1.09. The molecule has 0 saturated heterocycles. The van der Waals surface area contributed by atoms with Gasteiger partial charge in [-0.25, -0.2) is 9.89 Å². The first kappa shape index (κ1) is 21.1. The predicted molar refractivity (Wildman–Crippen MR) is 118 cm³/mol. The van der Waals surface area contributed by atoms with Crippen molar-refractivity contribution < 1.29 is 19.4 Å². The molecule has 0 aliphatic heterocycles. The first-order valence-corrected chi connectivity index (χ1v) is 10.3. The Kier molecular flexibility index (Phi) is 6.42. The summed E-state index contributed by atoms with van der Waals surface area (Å²) in [6, 6.07) is 21.5. The second kappa shape index (κ2) is 9.75. The van der Waals surface area contributed by atoms with Gasteiger partial charge in [-0.2, -0.15) is 0 Å². The Morgan fingerprint density at radius 3 is 2.56 bits per heavy atom. The zero-order valence-corrected chi connectivity index (χ0v) is 17.4. The summed E-state index contributed by atoms with van der Waals surface area (Å²) in [5.74, 6) is -0.580. The molecule has 4 aromatic rings. The van der Waals surface area contributed by atoms with Crippen molar-refractivity contribution in [3.8, 4) is 17.1 Å². The fraction of sp³-hybridized carbons (Fsp3) is 0.0455. The molecular weight excluding hydrogens is 430 g/mol. The van der Waals surface area contributed by atoms with E-state index in [2.05, 4.69) is 25.9 Å². The zero-order valence-electron chi connectivity index (χ0n) is 16.6. The highest BCUT2D eigenvalue weighted by Gasteiger charge is 2.14. The number of aromatic amines is 1. The average molecular weight is 447 g/mol. The summed E-state index contributed by atoms with van der Waals surface area (Å²) in [7, 11) is 0. The minimum Gasteiger partial charge on any atom is -0.482 e. The number of carboxylic acids is 1. The van der Waals surface area contributed by atoms with E-state index >= 15 is 0 Å². The highest BCUT2D eigenvalue weighted by molar-refractivity contribution is 7.99. The van der Waals surface area contributed by atoms with Crippen LogP contribution in [0.3, 0.4) is 0 Å². The van der Waals surface area contributed by atoms with E-state index in [-0.39, 0.29) is 5.91 Å². The molecule has 0 bridgehead atoms. The molecule has 1 aromatic heterocycles. The van der Waals surface area contributed by atoms with E-state index in [4.69, 9.17) is 9.84 Å². The molecule has 0 unspecified atom stereocenters. The third-order valence-corrected chi connectivity index (χ3v) is 5.45. The van der Waals surface area contributed by atoms with Crippen LogP contribution in [0.2, 0.25) is 0 Å².